The molecule has 0 heterocycles. The Morgan fingerprint density at radius 1 is 1.12 bits per heavy atom. The normalized spacial score (nSPS) is 14.5. The van der Waals surface area contributed by atoms with Gasteiger partial charge >= 0.3 is 5.97 Å². The quantitative estimate of drug-likeness (QED) is 0.740. The second kappa shape index (κ2) is 7.58. The van der Waals surface area contributed by atoms with Gasteiger partial charge in [-0.05, 0) is 43.0 Å². The molecule has 0 unspecified atom stereocenters. The van der Waals surface area contributed by atoms with E-state index in [4.69, 9.17) is 16.3 Å². The molecular formula is C19H20ClNO3. The first-order chi connectivity index (χ1) is 11.6. The minimum Gasteiger partial charge on any atom is -0.490 e. The maximum atomic E-state index is 11.4. The predicted molar refractivity (Wildman–Crippen MR) is 95.6 cm³/mol. The van der Waals surface area contributed by atoms with E-state index >= 15 is 0 Å². The second-order valence-corrected chi connectivity index (χ2v) is 6.46. The van der Waals surface area contributed by atoms with Crippen LogP contribution in [0.4, 0.5) is 11.4 Å². The minimum absolute atomic E-state index is 0.208. The molecule has 0 radical (unpaired) electrons. The van der Waals surface area contributed by atoms with Gasteiger partial charge in [0.1, 0.15) is 0 Å². The third kappa shape index (κ3) is 3.82. The van der Waals surface area contributed by atoms with Crippen LogP contribution in [0.25, 0.3) is 0 Å². The lowest BCUT2D eigenvalue weighted by Crippen LogP contribution is -2.10. The lowest BCUT2D eigenvalue weighted by molar-refractivity contribution is 0.0698. The molecule has 5 heteroatoms. The zero-order valence-corrected chi connectivity index (χ0v) is 14.1. The Hall–Kier alpha value is -2.20. The molecule has 1 aliphatic carbocycles. The molecule has 24 heavy (non-hydrogen) atoms. The summed E-state index contributed by atoms with van der Waals surface area (Å²) in [6.45, 7) is 0.638. The number of benzene rings is 2. The maximum Gasteiger partial charge on any atom is 0.337 e. The van der Waals surface area contributed by atoms with Crippen molar-refractivity contribution in [3.8, 4) is 5.75 Å². The van der Waals surface area contributed by atoms with Crippen molar-refractivity contribution in [2.45, 2.75) is 25.7 Å². The van der Waals surface area contributed by atoms with E-state index in [0.717, 1.165) is 0 Å². The third-order valence-corrected chi connectivity index (χ3v) is 4.63. The van der Waals surface area contributed by atoms with E-state index in [-0.39, 0.29) is 5.56 Å². The number of carbonyl (C=O) groups is 1. The molecular weight excluding hydrogens is 326 g/mol. The van der Waals surface area contributed by atoms with Crippen molar-refractivity contribution in [2.75, 3.05) is 11.9 Å². The molecule has 2 N–H and O–H groups in total. The molecule has 0 spiro atoms. The fraction of sp³-hybridized carbons (Fsp3) is 0.316. The molecule has 0 aromatic heterocycles. The predicted octanol–water partition coefficient (Wildman–Crippen LogP) is 5.35. The van der Waals surface area contributed by atoms with Crippen molar-refractivity contribution in [1.29, 1.82) is 0 Å². The van der Waals surface area contributed by atoms with Crippen molar-refractivity contribution in [2.24, 2.45) is 5.92 Å². The van der Waals surface area contributed by atoms with E-state index in [9.17, 15) is 9.90 Å². The number of anilines is 2. The first kappa shape index (κ1) is 16.7. The molecule has 126 valence electrons. The number of hydrogen-bond acceptors (Lipinski definition) is 3. The van der Waals surface area contributed by atoms with Gasteiger partial charge in [0.2, 0.25) is 0 Å². The Labute approximate surface area is 146 Å². The Bertz CT molecular complexity index is 726. The van der Waals surface area contributed by atoms with E-state index in [2.05, 4.69) is 5.32 Å². The Morgan fingerprint density at radius 2 is 1.83 bits per heavy atom. The molecule has 1 fully saturated rings. The number of carboxylic acids is 1. The van der Waals surface area contributed by atoms with Gasteiger partial charge in [0.15, 0.2) is 5.75 Å². The van der Waals surface area contributed by atoms with Crippen molar-refractivity contribution >= 4 is 28.9 Å². The number of halogens is 1. The van der Waals surface area contributed by atoms with Gasteiger partial charge in [-0.2, -0.15) is 0 Å². The maximum absolute atomic E-state index is 11.4. The van der Waals surface area contributed by atoms with Gasteiger partial charge in [0.05, 0.1) is 28.6 Å². The average Bonchev–Trinajstić information content (AvgIpc) is 3.08. The third-order valence-electron chi connectivity index (χ3n) is 4.33. The van der Waals surface area contributed by atoms with Gasteiger partial charge in [-0.25, -0.2) is 4.79 Å². The number of hydrogen-bond donors (Lipinski definition) is 2. The summed E-state index contributed by atoms with van der Waals surface area (Å²) in [5, 5.41) is 13.0. The highest BCUT2D eigenvalue weighted by Crippen LogP contribution is 2.36. The van der Waals surface area contributed by atoms with Crippen LogP contribution in [-0.4, -0.2) is 17.7 Å². The molecule has 2 aromatic carbocycles. The Kier molecular flexibility index (Phi) is 5.26. The zero-order chi connectivity index (χ0) is 16.9. The van der Waals surface area contributed by atoms with Gasteiger partial charge in [-0.1, -0.05) is 42.6 Å². The van der Waals surface area contributed by atoms with E-state index in [0.29, 0.717) is 34.7 Å². The SMILES string of the molecule is O=C(O)c1ccccc1Nc1cccc(Cl)c1OCC1CCCC1. The molecule has 0 aliphatic heterocycles. The van der Waals surface area contributed by atoms with Crippen LogP contribution in [0.1, 0.15) is 36.0 Å². The number of aromatic carboxylic acids is 1. The molecule has 2 aromatic rings. The van der Waals surface area contributed by atoms with E-state index < -0.39 is 5.97 Å². The monoisotopic (exact) mass is 345 g/mol. The summed E-state index contributed by atoms with van der Waals surface area (Å²) in [6.07, 6.45) is 4.89. The molecule has 1 aliphatic rings. The van der Waals surface area contributed by atoms with Crippen LogP contribution in [0.15, 0.2) is 42.5 Å². The number of ether oxygens (including phenoxy) is 1. The van der Waals surface area contributed by atoms with E-state index in [1.165, 1.54) is 25.7 Å². The smallest absolute Gasteiger partial charge is 0.337 e. The molecule has 4 nitrogen and oxygen atoms in total. The van der Waals surface area contributed by atoms with Crippen LogP contribution in [0.5, 0.6) is 5.75 Å². The minimum atomic E-state index is -0.978. The van der Waals surface area contributed by atoms with E-state index in [1.54, 1.807) is 30.3 Å². The molecule has 0 bridgehead atoms. The average molecular weight is 346 g/mol. The standard InChI is InChI=1S/C19H20ClNO3/c20-15-9-5-11-17(18(15)24-12-13-6-1-2-7-13)21-16-10-4-3-8-14(16)19(22)23/h3-5,8-11,13,21H,1-2,6-7,12H2,(H,22,23). The lowest BCUT2D eigenvalue weighted by Gasteiger charge is -2.17. The summed E-state index contributed by atoms with van der Waals surface area (Å²) >= 11 is 6.30. The summed E-state index contributed by atoms with van der Waals surface area (Å²) in [6, 6.07) is 12.2. The van der Waals surface area contributed by atoms with Crippen LogP contribution in [-0.2, 0) is 0 Å². The summed E-state index contributed by atoms with van der Waals surface area (Å²) in [5.41, 5.74) is 1.39. The van der Waals surface area contributed by atoms with Crippen LogP contribution in [0.2, 0.25) is 5.02 Å². The number of para-hydroxylation sites is 2. The highest BCUT2D eigenvalue weighted by atomic mass is 35.5. The fourth-order valence-electron chi connectivity index (χ4n) is 3.06. The number of rotatable bonds is 6. The largest absolute Gasteiger partial charge is 0.490 e. The fourth-order valence-corrected chi connectivity index (χ4v) is 3.28. The number of nitrogens with one attached hydrogen (secondary N) is 1. The van der Waals surface area contributed by atoms with Crippen LogP contribution >= 0.6 is 11.6 Å². The lowest BCUT2D eigenvalue weighted by atomic mass is 10.1. The van der Waals surface area contributed by atoms with Crippen molar-refractivity contribution in [1.82, 2.24) is 0 Å². The van der Waals surface area contributed by atoms with Crippen LogP contribution < -0.4 is 10.1 Å². The summed E-state index contributed by atoms with van der Waals surface area (Å²) < 4.78 is 5.98. The highest BCUT2D eigenvalue weighted by molar-refractivity contribution is 6.32. The topological polar surface area (TPSA) is 58.6 Å². The molecule has 3 rings (SSSR count). The second-order valence-electron chi connectivity index (χ2n) is 6.05. The molecule has 0 amide bonds. The number of carboxylic acid groups (broad SMARTS) is 1. The van der Waals surface area contributed by atoms with Crippen LogP contribution in [0.3, 0.4) is 0 Å². The zero-order valence-electron chi connectivity index (χ0n) is 13.3. The summed E-state index contributed by atoms with van der Waals surface area (Å²) in [7, 11) is 0. The van der Waals surface area contributed by atoms with Gasteiger partial charge < -0.3 is 15.2 Å². The Morgan fingerprint density at radius 3 is 2.58 bits per heavy atom. The molecule has 0 atom stereocenters. The summed E-state index contributed by atoms with van der Waals surface area (Å²) in [5.74, 6) is 0.167. The van der Waals surface area contributed by atoms with Gasteiger partial charge in [0.25, 0.3) is 0 Å². The highest BCUT2D eigenvalue weighted by Gasteiger charge is 2.18. The molecule has 0 saturated heterocycles. The van der Waals surface area contributed by atoms with Gasteiger partial charge in [-0.3, -0.25) is 0 Å². The van der Waals surface area contributed by atoms with Gasteiger partial charge in [0, 0.05) is 0 Å². The van der Waals surface area contributed by atoms with Crippen LogP contribution in [0, 0.1) is 5.92 Å². The molecule has 1 saturated carbocycles. The van der Waals surface area contributed by atoms with Crippen molar-refractivity contribution in [3.63, 3.8) is 0 Å². The first-order valence-electron chi connectivity index (χ1n) is 8.16. The summed E-state index contributed by atoms with van der Waals surface area (Å²) in [4.78, 5) is 11.4. The first-order valence-corrected chi connectivity index (χ1v) is 8.53. The Balaban J connectivity index is 1.83. The van der Waals surface area contributed by atoms with Crippen molar-refractivity contribution in [3.05, 3.63) is 53.1 Å². The van der Waals surface area contributed by atoms with Gasteiger partial charge in [-0.15, -0.1) is 0 Å². The van der Waals surface area contributed by atoms with E-state index in [1.807, 2.05) is 12.1 Å². The van der Waals surface area contributed by atoms with Crippen molar-refractivity contribution < 1.29 is 14.6 Å².